The van der Waals surface area contributed by atoms with Crippen molar-refractivity contribution in [3.63, 3.8) is 0 Å². The summed E-state index contributed by atoms with van der Waals surface area (Å²) in [5, 5.41) is 9.42. The molecule has 1 aromatic heterocycles. The average molecular weight is 558 g/mol. The van der Waals surface area contributed by atoms with Gasteiger partial charge >= 0.3 is 6.18 Å². The number of hydroxylamine groups is 1. The van der Waals surface area contributed by atoms with Crippen molar-refractivity contribution in [1.29, 1.82) is 0 Å². The molecule has 2 aliphatic heterocycles. The summed E-state index contributed by atoms with van der Waals surface area (Å²) in [4.78, 5) is 23.3. The molecule has 14 heteroatoms. The first kappa shape index (κ1) is 28.0. The standard InChI is InChI=1S/C24H30F3N5O5S/c1-2-17-15-28-22(29-16-17)31-13-9-23(10-14-31,21(33)30-34)38(35,36)32-11-7-20(8-12-32)37-19-5-3-18(4-6-19)24(25,26)27/h3-6,15-16,20,34H,2,7-14H2,1H3,(H,30,33). The zero-order valence-electron chi connectivity index (χ0n) is 20.8. The second-order valence-electron chi connectivity index (χ2n) is 9.41. The summed E-state index contributed by atoms with van der Waals surface area (Å²) < 4.78 is 71.0. The number of carbonyl (C=O) groups excluding carboxylic acids is 1. The highest BCUT2D eigenvalue weighted by atomic mass is 32.2. The monoisotopic (exact) mass is 557 g/mol. The van der Waals surface area contributed by atoms with Crippen molar-refractivity contribution >= 4 is 21.9 Å². The quantitative estimate of drug-likeness (QED) is 0.393. The number of carbonyl (C=O) groups is 1. The number of amides is 1. The molecule has 2 saturated heterocycles. The van der Waals surface area contributed by atoms with Crippen LogP contribution in [0.1, 0.15) is 43.7 Å². The highest BCUT2D eigenvalue weighted by Gasteiger charge is 2.55. The van der Waals surface area contributed by atoms with E-state index in [-0.39, 0.29) is 44.8 Å². The molecule has 3 heterocycles. The predicted molar refractivity (Wildman–Crippen MR) is 131 cm³/mol. The molecule has 0 saturated carbocycles. The Labute approximate surface area is 218 Å². The molecule has 0 unspecified atom stereocenters. The maximum atomic E-state index is 13.7. The number of nitrogens with one attached hydrogen (secondary N) is 1. The number of rotatable bonds is 7. The number of alkyl halides is 3. The van der Waals surface area contributed by atoms with Crippen LogP contribution in [0.25, 0.3) is 0 Å². The van der Waals surface area contributed by atoms with Gasteiger partial charge in [0.1, 0.15) is 11.9 Å². The number of ether oxygens (including phenoxy) is 1. The largest absolute Gasteiger partial charge is 0.490 e. The minimum absolute atomic E-state index is 0.0669. The molecule has 0 radical (unpaired) electrons. The lowest BCUT2D eigenvalue weighted by molar-refractivity contribution is -0.137. The number of hydrogen-bond acceptors (Lipinski definition) is 8. The molecule has 2 fully saturated rings. The first-order chi connectivity index (χ1) is 18.0. The van der Waals surface area contributed by atoms with Gasteiger partial charge in [-0.1, -0.05) is 6.92 Å². The Morgan fingerprint density at radius 3 is 2.18 bits per heavy atom. The van der Waals surface area contributed by atoms with Crippen LogP contribution in [0.5, 0.6) is 5.75 Å². The van der Waals surface area contributed by atoms with Crippen molar-refractivity contribution in [3.8, 4) is 5.75 Å². The maximum Gasteiger partial charge on any atom is 0.416 e. The molecule has 38 heavy (non-hydrogen) atoms. The minimum Gasteiger partial charge on any atom is -0.490 e. The van der Waals surface area contributed by atoms with Crippen LogP contribution < -0.4 is 15.1 Å². The van der Waals surface area contributed by atoms with E-state index in [4.69, 9.17) is 4.74 Å². The number of halogens is 3. The second kappa shape index (κ2) is 11.0. The van der Waals surface area contributed by atoms with E-state index in [1.807, 2.05) is 11.8 Å². The summed E-state index contributed by atoms with van der Waals surface area (Å²) in [6.07, 6.45) is -0.197. The molecule has 2 aliphatic rings. The van der Waals surface area contributed by atoms with E-state index in [2.05, 4.69) is 9.97 Å². The summed E-state index contributed by atoms with van der Waals surface area (Å²) in [5.41, 5.74) is 1.73. The van der Waals surface area contributed by atoms with Gasteiger partial charge in [0.15, 0.2) is 4.75 Å². The third-order valence-corrected chi connectivity index (χ3v) is 9.81. The Kier molecular flexibility index (Phi) is 8.14. The smallest absolute Gasteiger partial charge is 0.416 e. The fraction of sp³-hybridized carbons (Fsp3) is 0.542. The number of piperidine rings is 2. The van der Waals surface area contributed by atoms with Crippen LogP contribution in [-0.2, 0) is 27.4 Å². The van der Waals surface area contributed by atoms with Gasteiger partial charge in [-0.05, 0) is 61.9 Å². The van der Waals surface area contributed by atoms with Gasteiger partial charge in [-0.3, -0.25) is 10.0 Å². The van der Waals surface area contributed by atoms with Crippen molar-refractivity contribution in [3.05, 3.63) is 47.8 Å². The van der Waals surface area contributed by atoms with Gasteiger partial charge in [-0.2, -0.15) is 13.2 Å². The third kappa shape index (κ3) is 5.57. The van der Waals surface area contributed by atoms with Crippen LogP contribution in [0.4, 0.5) is 19.1 Å². The van der Waals surface area contributed by atoms with E-state index in [0.717, 1.165) is 24.1 Å². The zero-order chi connectivity index (χ0) is 27.6. The molecular formula is C24H30F3N5O5S. The van der Waals surface area contributed by atoms with E-state index in [0.29, 0.717) is 18.8 Å². The summed E-state index contributed by atoms with van der Waals surface area (Å²) in [5.74, 6) is -0.279. The molecule has 2 N–H and O–H groups in total. The maximum absolute atomic E-state index is 13.7. The lowest BCUT2D eigenvalue weighted by Gasteiger charge is -2.43. The first-order valence-corrected chi connectivity index (χ1v) is 13.8. The van der Waals surface area contributed by atoms with Crippen LogP contribution in [0.3, 0.4) is 0 Å². The summed E-state index contributed by atoms with van der Waals surface area (Å²) in [6.45, 7) is 2.52. The van der Waals surface area contributed by atoms with Crippen molar-refractivity contribution in [2.75, 3.05) is 31.1 Å². The topological polar surface area (TPSA) is 125 Å². The van der Waals surface area contributed by atoms with Crippen molar-refractivity contribution in [2.45, 2.75) is 56.1 Å². The number of sulfonamides is 1. The molecule has 10 nitrogen and oxygen atoms in total. The van der Waals surface area contributed by atoms with Gasteiger partial charge in [-0.15, -0.1) is 0 Å². The van der Waals surface area contributed by atoms with E-state index in [1.54, 1.807) is 17.9 Å². The van der Waals surface area contributed by atoms with Crippen molar-refractivity contribution in [1.82, 2.24) is 19.8 Å². The Morgan fingerprint density at radius 2 is 1.68 bits per heavy atom. The number of aromatic nitrogens is 2. The van der Waals surface area contributed by atoms with Crippen LogP contribution >= 0.6 is 0 Å². The first-order valence-electron chi connectivity index (χ1n) is 12.3. The van der Waals surface area contributed by atoms with E-state index < -0.39 is 38.5 Å². The summed E-state index contributed by atoms with van der Waals surface area (Å²) >= 11 is 0. The van der Waals surface area contributed by atoms with Gasteiger partial charge in [0, 0.05) is 38.6 Å². The normalized spacial score (nSPS) is 19.2. The predicted octanol–water partition coefficient (Wildman–Crippen LogP) is 2.78. The Bertz CT molecular complexity index is 1210. The fourth-order valence-electron chi connectivity index (χ4n) is 4.82. The van der Waals surface area contributed by atoms with Crippen molar-refractivity contribution < 1.29 is 36.3 Å². The fourth-order valence-corrected chi connectivity index (χ4v) is 6.98. The molecule has 0 atom stereocenters. The number of nitrogens with zero attached hydrogens (tertiary/aromatic N) is 4. The Balaban J connectivity index is 1.41. The number of benzene rings is 1. The number of anilines is 1. The minimum atomic E-state index is -4.45. The highest BCUT2D eigenvalue weighted by Crippen LogP contribution is 2.36. The van der Waals surface area contributed by atoms with E-state index in [1.165, 1.54) is 16.4 Å². The SMILES string of the molecule is CCc1cnc(N2CCC(C(=O)NO)(S(=O)(=O)N3CCC(Oc4ccc(C(F)(F)F)cc4)CC3)CC2)nc1. The highest BCUT2D eigenvalue weighted by molar-refractivity contribution is 7.91. The molecule has 1 aromatic carbocycles. The Morgan fingerprint density at radius 1 is 1.11 bits per heavy atom. The van der Waals surface area contributed by atoms with Crippen molar-refractivity contribution in [2.24, 2.45) is 0 Å². The molecule has 208 valence electrons. The molecule has 1 amide bonds. The molecule has 0 bridgehead atoms. The van der Waals surface area contributed by atoms with Gasteiger partial charge in [0.2, 0.25) is 16.0 Å². The number of hydrogen-bond donors (Lipinski definition) is 2. The van der Waals surface area contributed by atoms with Gasteiger partial charge in [0.25, 0.3) is 5.91 Å². The van der Waals surface area contributed by atoms with Gasteiger partial charge in [0.05, 0.1) is 5.56 Å². The summed E-state index contributed by atoms with van der Waals surface area (Å²) in [7, 11) is -4.18. The van der Waals surface area contributed by atoms with Crippen LogP contribution in [-0.4, -0.2) is 70.8 Å². The lowest BCUT2D eigenvalue weighted by atomic mass is 9.95. The van der Waals surface area contributed by atoms with Gasteiger partial charge < -0.3 is 9.64 Å². The lowest BCUT2D eigenvalue weighted by Crippen LogP contribution is -2.62. The average Bonchev–Trinajstić information content (AvgIpc) is 2.92. The Hall–Kier alpha value is -2.97. The summed E-state index contributed by atoms with van der Waals surface area (Å²) in [6, 6.07) is 4.34. The van der Waals surface area contributed by atoms with Crippen LogP contribution in [0, 0.1) is 0 Å². The van der Waals surface area contributed by atoms with Crippen LogP contribution in [0.2, 0.25) is 0 Å². The molecule has 2 aromatic rings. The van der Waals surface area contributed by atoms with E-state index >= 15 is 0 Å². The molecule has 0 spiro atoms. The molecular weight excluding hydrogens is 527 g/mol. The number of aryl methyl sites for hydroxylation is 1. The zero-order valence-corrected chi connectivity index (χ0v) is 21.6. The molecule has 0 aliphatic carbocycles. The van der Waals surface area contributed by atoms with E-state index in [9.17, 15) is 31.6 Å². The third-order valence-electron chi connectivity index (χ3n) is 7.19. The molecule has 4 rings (SSSR count). The van der Waals surface area contributed by atoms with Gasteiger partial charge in [-0.25, -0.2) is 28.2 Å². The second-order valence-corrected chi connectivity index (χ2v) is 11.7. The van der Waals surface area contributed by atoms with Crippen LogP contribution in [0.15, 0.2) is 36.7 Å².